The van der Waals surface area contributed by atoms with E-state index in [1.54, 1.807) is 30.1 Å². The Morgan fingerprint density at radius 1 is 1.43 bits per heavy atom. The number of rotatable bonds is 6. The molecule has 1 amide bonds. The maximum atomic E-state index is 11.9. The van der Waals surface area contributed by atoms with E-state index < -0.39 is 5.97 Å². The molecule has 0 bridgehead atoms. The highest BCUT2D eigenvalue weighted by Gasteiger charge is 2.14. The van der Waals surface area contributed by atoms with Crippen LogP contribution in [0.4, 0.5) is 0 Å². The second-order valence-corrected chi connectivity index (χ2v) is 5.12. The molecule has 1 rings (SSSR count). The minimum absolute atomic E-state index is 0.0758. The quantitative estimate of drug-likeness (QED) is 0.820. The molecule has 0 saturated carbocycles. The Bertz CT molecular complexity index is 555. The highest BCUT2D eigenvalue weighted by molar-refractivity contribution is 6.32. The van der Waals surface area contributed by atoms with E-state index >= 15 is 0 Å². The summed E-state index contributed by atoms with van der Waals surface area (Å²) >= 11 is 6.02. The van der Waals surface area contributed by atoms with Crippen molar-refractivity contribution in [2.45, 2.75) is 19.9 Å². The summed E-state index contributed by atoms with van der Waals surface area (Å²) in [6.07, 6.45) is 2.31. The van der Waals surface area contributed by atoms with E-state index in [4.69, 9.17) is 21.4 Å². The first kappa shape index (κ1) is 17.0. The second kappa shape index (κ2) is 7.69. The van der Waals surface area contributed by atoms with E-state index in [2.05, 4.69) is 0 Å². The molecule has 0 unspecified atom stereocenters. The van der Waals surface area contributed by atoms with Crippen LogP contribution in [-0.4, -0.2) is 41.6 Å². The number of carboxylic acids is 1. The number of hydrogen-bond acceptors (Lipinski definition) is 3. The van der Waals surface area contributed by atoms with Crippen LogP contribution >= 0.6 is 11.6 Å². The highest BCUT2D eigenvalue weighted by Crippen LogP contribution is 2.27. The molecule has 0 saturated heterocycles. The van der Waals surface area contributed by atoms with Crippen LogP contribution in [0.15, 0.2) is 24.3 Å². The number of carbonyl (C=O) groups is 2. The Morgan fingerprint density at radius 2 is 2.10 bits per heavy atom. The number of carbonyl (C=O) groups excluding carboxylic acids is 1. The van der Waals surface area contributed by atoms with Gasteiger partial charge in [0.25, 0.3) is 5.91 Å². The normalized spacial score (nSPS) is 10.9. The zero-order valence-electron chi connectivity index (χ0n) is 12.2. The van der Waals surface area contributed by atoms with E-state index in [1.807, 2.05) is 13.8 Å². The Morgan fingerprint density at radius 3 is 2.67 bits per heavy atom. The lowest BCUT2D eigenvalue weighted by molar-refractivity contribution is -0.133. The molecular weight excluding hydrogens is 294 g/mol. The van der Waals surface area contributed by atoms with Crippen molar-refractivity contribution in [2.75, 3.05) is 13.7 Å². The van der Waals surface area contributed by atoms with Gasteiger partial charge in [-0.05, 0) is 32.1 Å². The lowest BCUT2D eigenvalue weighted by Gasteiger charge is -2.21. The van der Waals surface area contributed by atoms with E-state index in [-0.39, 0.29) is 18.6 Å². The fourth-order valence-electron chi connectivity index (χ4n) is 1.49. The number of halogens is 1. The SMILES string of the molecule is CC(C)N(C)C(=O)COc1cccc(Cl)c1/C=C/C(=O)O. The van der Waals surface area contributed by atoms with Crippen molar-refractivity contribution in [3.8, 4) is 5.75 Å². The van der Waals surface area contributed by atoms with Crippen molar-refractivity contribution in [3.63, 3.8) is 0 Å². The minimum Gasteiger partial charge on any atom is -0.483 e. The number of hydrogen-bond donors (Lipinski definition) is 1. The van der Waals surface area contributed by atoms with Crippen molar-refractivity contribution < 1.29 is 19.4 Å². The van der Waals surface area contributed by atoms with E-state index in [0.29, 0.717) is 16.3 Å². The number of nitrogens with zero attached hydrogens (tertiary/aromatic N) is 1. The van der Waals surface area contributed by atoms with Crippen molar-refractivity contribution in [3.05, 3.63) is 34.9 Å². The van der Waals surface area contributed by atoms with Gasteiger partial charge in [-0.25, -0.2) is 4.79 Å². The molecule has 0 aromatic heterocycles. The lowest BCUT2D eigenvalue weighted by atomic mass is 10.2. The van der Waals surface area contributed by atoms with Gasteiger partial charge in [0.15, 0.2) is 6.61 Å². The molecule has 0 aliphatic rings. The lowest BCUT2D eigenvalue weighted by Crippen LogP contribution is -2.36. The molecule has 0 fully saturated rings. The minimum atomic E-state index is -1.09. The largest absolute Gasteiger partial charge is 0.483 e. The van der Waals surface area contributed by atoms with Crippen LogP contribution < -0.4 is 4.74 Å². The predicted octanol–water partition coefficient (Wildman–Crippen LogP) is 2.68. The van der Waals surface area contributed by atoms with Gasteiger partial charge in [-0.3, -0.25) is 4.79 Å². The molecular formula is C15H18ClNO4. The number of benzene rings is 1. The average Bonchev–Trinajstić information content (AvgIpc) is 2.42. The standard InChI is InChI=1S/C15H18ClNO4/c1-10(2)17(3)14(18)9-21-13-6-4-5-12(16)11(13)7-8-15(19)20/h4-8,10H,9H2,1-3H3,(H,19,20)/b8-7+. The van der Waals surface area contributed by atoms with Gasteiger partial charge in [0.1, 0.15) is 5.75 Å². The van der Waals surface area contributed by atoms with Gasteiger partial charge in [0, 0.05) is 24.7 Å². The fraction of sp³-hybridized carbons (Fsp3) is 0.333. The monoisotopic (exact) mass is 311 g/mol. The van der Waals surface area contributed by atoms with Gasteiger partial charge in [-0.1, -0.05) is 17.7 Å². The Kier molecular flexibility index (Phi) is 6.24. The van der Waals surface area contributed by atoms with Crippen molar-refractivity contribution >= 4 is 29.6 Å². The van der Waals surface area contributed by atoms with Crippen LogP contribution in [0.25, 0.3) is 6.08 Å². The molecule has 0 spiro atoms. The summed E-state index contributed by atoms with van der Waals surface area (Å²) in [5.74, 6) is -0.889. The average molecular weight is 312 g/mol. The van der Waals surface area contributed by atoms with Crippen LogP contribution in [0.1, 0.15) is 19.4 Å². The van der Waals surface area contributed by atoms with Crippen LogP contribution in [-0.2, 0) is 9.59 Å². The zero-order valence-corrected chi connectivity index (χ0v) is 12.9. The topological polar surface area (TPSA) is 66.8 Å². The first-order valence-electron chi connectivity index (χ1n) is 6.41. The molecule has 0 radical (unpaired) electrons. The molecule has 114 valence electrons. The Hall–Kier alpha value is -2.01. The third kappa shape index (κ3) is 5.11. The zero-order chi connectivity index (χ0) is 16.0. The van der Waals surface area contributed by atoms with E-state index in [9.17, 15) is 9.59 Å². The van der Waals surface area contributed by atoms with Gasteiger partial charge in [-0.15, -0.1) is 0 Å². The highest BCUT2D eigenvalue weighted by atomic mass is 35.5. The summed E-state index contributed by atoms with van der Waals surface area (Å²) < 4.78 is 5.46. The molecule has 1 aromatic rings. The number of carboxylic acid groups (broad SMARTS) is 1. The third-order valence-electron chi connectivity index (χ3n) is 2.92. The molecule has 1 aromatic carbocycles. The molecule has 1 N–H and O–H groups in total. The molecule has 21 heavy (non-hydrogen) atoms. The van der Waals surface area contributed by atoms with Gasteiger partial charge in [-0.2, -0.15) is 0 Å². The number of ether oxygens (including phenoxy) is 1. The summed E-state index contributed by atoms with van der Waals surface area (Å²) in [5.41, 5.74) is 0.432. The van der Waals surface area contributed by atoms with E-state index in [0.717, 1.165) is 6.08 Å². The van der Waals surface area contributed by atoms with Gasteiger partial charge in [0.05, 0.1) is 5.02 Å². The molecule has 0 atom stereocenters. The molecule has 5 nitrogen and oxygen atoms in total. The number of aliphatic carboxylic acids is 1. The van der Waals surface area contributed by atoms with Crippen LogP contribution in [0.2, 0.25) is 5.02 Å². The first-order chi connectivity index (χ1) is 9.82. The summed E-state index contributed by atoms with van der Waals surface area (Å²) in [6, 6.07) is 5.01. The predicted molar refractivity (Wildman–Crippen MR) is 81.5 cm³/mol. The maximum absolute atomic E-state index is 11.9. The number of likely N-dealkylation sites (N-methyl/N-ethyl adjacent to an activating group) is 1. The van der Waals surface area contributed by atoms with Crippen molar-refractivity contribution in [2.24, 2.45) is 0 Å². The maximum Gasteiger partial charge on any atom is 0.328 e. The smallest absolute Gasteiger partial charge is 0.328 e. The van der Waals surface area contributed by atoms with E-state index in [1.165, 1.54) is 6.08 Å². The second-order valence-electron chi connectivity index (χ2n) is 4.71. The Labute approximate surface area is 128 Å². The first-order valence-corrected chi connectivity index (χ1v) is 6.78. The molecule has 0 aliphatic carbocycles. The van der Waals surface area contributed by atoms with Gasteiger partial charge >= 0.3 is 5.97 Å². The summed E-state index contributed by atoms with van der Waals surface area (Å²) in [4.78, 5) is 24.0. The van der Waals surface area contributed by atoms with Crippen LogP contribution in [0.5, 0.6) is 5.75 Å². The Balaban J connectivity index is 2.86. The van der Waals surface area contributed by atoms with Gasteiger partial charge < -0.3 is 14.7 Å². The molecule has 0 aliphatic heterocycles. The van der Waals surface area contributed by atoms with Crippen LogP contribution in [0.3, 0.4) is 0 Å². The van der Waals surface area contributed by atoms with Gasteiger partial charge in [0.2, 0.25) is 0 Å². The van der Waals surface area contributed by atoms with Crippen molar-refractivity contribution in [1.29, 1.82) is 0 Å². The molecule has 6 heteroatoms. The summed E-state index contributed by atoms with van der Waals surface area (Å²) in [5, 5.41) is 9.03. The van der Waals surface area contributed by atoms with Crippen molar-refractivity contribution in [1.82, 2.24) is 4.90 Å². The fourth-order valence-corrected chi connectivity index (χ4v) is 1.72. The summed E-state index contributed by atoms with van der Waals surface area (Å²) in [7, 11) is 1.69. The summed E-state index contributed by atoms with van der Waals surface area (Å²) in [6.45, 7) is 3.67. The molecule has 0 heterocycles. The number of amides is 1. The van der Waals surface area contributed by atoms with Crippen LogP contribution in [0, 0.1) is 0 Å². The third-order valence-corrected chi connectivity index (χ3v) is 3.25.